The minimum absolute atomic E-state index is 0.305. The molecule has 0 bridgehead atoms. The topological polar surface area (TPSA) is 68.0 Å². The minimum atomic E-state index is -0.305. The van der Waals surface area contributed by atoms with Crippen LogP contribution in [0.1, 0.15) is 9.67 Å². The number of nitrogen functional groups attached to an aromatic ring is 1. The highest BCUT2D eigenvalue weighted by atomic mass is 35.5. The number of hydrogen-bond donors (Lipinski definition) is 2. The van der Waals surface area contributed by atoms with E-state index in [1.54, 1.807) is 24.3 Å². The Morgan fingerprint density at radius 1 is 0.848 bits per heavy atom. The van der Waals surface area contributed by atoms with Crippen LogP contribution in [0.2, 0.25) is 10.0 Å². The van der Waals surface area contributed by atoms with Crippen molar-refractivity contribution in [1.82, 2.24) is 4.98 Å². The van der Waals surface area contributed by atoms with Gasteiger partial charge in [0.15, 0.2) is 0 Å². The van der Waals surface area contributed by atoms with Crippen LogP contribution >= 0.6 is 34.5 Å². The van der Waals surface area contributed by atoms with E-state index in [9.17, 15) is 4.79 Å². The summed E-state index contributed by atoms with van der Waals surface area (Å²) < 4.78 is 0. The van der Waals surface area contributed by atoms with E-state index in [-0.39, 0.29) is 5.91 Å². The van der Waals surface area contributed by atoms with Gasteiger partial charge in [-0.15, -0.1) is 11.3 Å². The molecule has 5 rings (SSSR count). The summed E-state index contributed by atoms with van der Waals surface area (Å²) in [5.41, 5.74) is 11.1. The molecule has 162 valence electrons. The van der Waals surface area contributed by atoms with E-state index in [0.29, 0.717) is 31.1 Å². The second-order valence-electron chi connectivity index (χ2n) is 7.42. The number of amides is 1. The number of rotatable bonds is 4. The van der Waals surface area contributed by atoms with Gasteiger partial charge in [0.1, 0.15) is 9.71 Å². The van der Waals surface area contributed by atoms with Crippen molar-refractivity contribution >= 4 is 62.0 Å². The molecule has 0 radical (unpaired) electrons. The van der Waals surface area contributed by atoms with Gasteiger partial charge in [0.05, 0.1) is 11.4 Å². The molecule has 0 aliphatic carbocycles. The van der Waals surface area contributed by atoms with Gasteiger partial charge in [-0.1, -0.05) is 71.7 Å². The van der Waals surface area contributed by atoms with E-state index in [0.717, 1.165) is 27.8 Å². The molecule has 3 aromatic carbocycles. The summed E-state index contributed by atoms with van der Waals surface area (Å²) in [5.74, 6) is -0.305. The fourth-order valence-electron chi connectivity index (χ4n) is 3.66. The van der Waals surface area contributed by atoms with Crippen LogP contribution in [-0.2, 0) is 0 Å². The molecule has 0 fully saturated rings. The smallest absolute Gasteiger partial charge is 0.267 e. The molecule has 0 saturated heterocycles. The van der Waals surface area contributed by atoms with Gasteiger partial charge in [-0.05, 0) is 47.5 Å². The third kappa shape index (κ3) is 4.31. The lowest BCUT2D eigenvalue weighted by Crippen LogP contribution is -2.11. The van der Waals surface area contributed by atoms with Crippen LogP contribution in [-0.4, -0.2) is 10.9 Å². The predicted octanol–water partition coefficient (Wildman–Crippen LogP) is 7.77. The van der Waals surface area contributed by atoms with Gasteiger partial charge >= 0.3 is 0 Å². The molecule has 7 heteroatoms. The Morgan fingerprint density at radius 2 is 1.61 bits per heavy atom. The van der Waals surface area contributed by atoms with Crippen LogP contribution in [0.25, 0.3) is 32.6 Å². The summed E-state index contributed by atoms with van der Waals surface area (Å²) in [4.78, 5) is 19.0. The summed E-state index contributed by atoms with van der Waals surface area (Å²) in [6.07, 6.45) is 0. The molecule has 0 spiro atoms. The van der Waals surface area contributed by atoms with Crippen molar-refractivity contribution in [3.05, 3.63) is 99.9 Å². The Hall–Kier alpha value is -3.38. The molecule has 2 aromatic heterocycles. The molecule has 0 aliphatic rings. The number of halogens is 2. The van der Waals surface area contributed by atoms with E-state index >= 15 is 0 Å². The SMILES string of the molecule is Nc1c(C(=O)Nc2cccc(Cl)c2)sc2nc(-c3ccccc3)cc(-c3ccc(Cl)cc3)c12. The summed E-state index contributed by atoms with van der Waals surface area (Å²) in [5, 5.41) is 4.81. The fourth-order valence-corrected chi connectivity index (χ4v) is 4.99. The number of fused-ring (bicyclic) bond motifs is 1. The number of benzene rings is 3. The van der Waals surface area contributed by atoms with Gasteiger partial charge < -0.3 is 11.1 Å². The maximum atomic E-state index is 13.1. The quantitative estimate of drug-likeness (QED) is 0.270. The standard InChI is InChI=1S/C26H17Cl2N3OS/c27-17-11-9-15(10-12-17)20-14-21(16-5-2-1-3-6-16)31-26-22(20)23(29)24(33-26)25(32)30-19-8-4-7-18(28)13-19/h1-14H,29H2,(H,30,32). The number of nitrogens with two attached hydrogens (primary N) is 1. The van der Waals surface area contributed by atoms with E-state index in [1.165, 1.54) is 11.3 Å². The monoisotopic (exact) mass is 489 g/mol. The highest BCUT2D eigenvalue weighted by Gasteiger charge is 2.22. The Balaban J connectivity index is 1.67. The average molecular weight is 490 g/mol. The second-order valence-corrected chi connectivity index (χ2v) is 9.29. The molecule has 5 aromatic rings. The first-order chi connectivity index (χ1) is 16.0. The number of aromatic nitrogens is 1. The molecule has 1 amide bonds. The first-order valence-electron chi connectivity index (χ1n) is 10.1. The van der Waals surface area contributed by atoms with Crippen molar-refractivity contribution in [2.24, 2.45) is 0 Å². The number of anilines is 2. The Morgan fingerprint density at radius 3 is 2.33 bits per heavy atom. The minimum Gasteiger partial charge on any atom is -0.397 e. The zero-order valence-electron chi connectivity index (χ0n) is 17.2. The maximum absolute atomic E-state index is 13.1. The summed E-state index contributed by atoms with van der Waals surface area (Å²) in [7, 11) is 0. The van der Waals surface area contributed by atoms with Gasteiger partial charge in [0.25, 0.3) is 5.91 Å². The van der Waals surface area contributed by atoms with Crippen molar-refractivity contribution in [3.63, 3.8) is 0 Å². The van der Waals surface area contributed by atoms with Crippen LogP contribution < -0.4 is 11.1 Å². The molecule has 0 aliphatic heterocycles. The normalized spacial score (nSPS) is 11.0. The predicted molar refractivity (Wildman–Crippen MR) is 139 cm³/mol. The van der Waals surface area contributed by atoms with Crippen molar-refractivity contribution in [3.8, 4) is 22.4 Å². The molecular weight excluding hydrogens is 473 g/mol. The van der Waals surface area contributed by atoms with Crippen LogP contribution in [0.15, 0.2) is 84.9 Å². The molecule has 3 N–H and O–H groups in total. The molecule has 0 unspecified atom stereocenters. The second kappa shape index (κ2) is 8.87. The van der Waals surface area contributed by atoms with E-state index in [1.807, 2.05) is 60.7 Å². The van der Waals surface area contributed by atoms with Crippen LogP contribution in [0.5, 0.6) is 0 Å². The summed E-state index contributed by atoms with van der Waals surface area (Å²) in [6, 6.07) is 26.4. The maximum Gasteiger partial charge on any atom is 0.267 e. The number of nitrogens with zero attached hydrogens (tertiary/aromatic N) is 1. The number of pyridine rings is 1. The van der Waals surface area contributed by atoms with E-state index in [2.05, 4.69) is 5.32 Å². The van der Waals surface area contributed by atoms with Gasteiger partial charge in [-0.2, -0.15) is 0 Å². The first-order valence-corrected chi connectivity index (χ1v) is 11.7. The lowest BCUT2D eigenvalue weighted by atomic mass is 9.99. The van der Waals surface area contributed by atoms with Crippen LogP contribution in [0.3, 0.4) is 0 Å². The highest BCUT2D eigenvalue weighted by Crippen LogP contribution is 2.41. The fraction of sp³-hybridized carbons (Fsp3) is 0. The Bertz CT molecular complexity index is 1480. The lowest BCUT2D eigenvalue weighted by molar-refractivity contribution is 0.103. The largest absolute Gasteiger partial charge is 0.397 e. The van der Waals surface area contributed by atoms with Gasteiger partial charge in [-0.25, -0.2) is 4.98 Å². The van der Waals surface area contributed by atoms with E-state index in [4.69, 9.17) is 33.9 Å². The third-order valence-corrected chi connectivity index (χ3v) is 6.80. The number of thiophene rings is 1. The molecule has 2 heterocycles. The zero-order chi connectivity index (χ0) is 22.9. The zero-order valence-corrected chi connectivity index (χ0v) is 19.5. The van der Waals surface area contributed by atoms with Crippen molar-refractivity contribution < 1.29 is 4.79 Å². The first kappa shape index (κ1) is 21.5. The number of carbonyl (C=O) groups excluding carboxylic acids is 1. The van der Waals surface area contributed by atoms with Crippen LogP contribution in [0.4, 0.5) is 11.4 Å². The van der Waals surface area contributed by atoms with Gasteiger partial charge in [-0.3, -0.25) is 4.79 Å². The molecular formula is C26H17Cl2N3OS. The molecule has 4 nitrogen and oxygen atoms in total. The Kier molecular flexibility index (Phi) is 5.77. The molecule has 33 heavy (non-hydrogen) atoms. The van der Waals surface area contributed by atoms with Crippen molar-refractivity contribution in [2.45, 2.75) is 0 Å². The number of carbonyl (C=O) groups is 1. The molecule has 0 saturated carbocycles. The van der Waals surface area contributed by atoms with Crippen LogP contribution in [0, 0.1) is 0 Å². The number of nitrogens with one attached hydrogen (secondary N) is 1. The average Bonchev–Trinajstić information content (AvgIpc) is 3.16. The van der Waals surface area contributed by atoms with Crippen molar-refractivity contribution in [2.75, 3.05) is 11.1 Å². The van der Waals surface area contributed by atoms with Gasteiger partial charge in [0, 0.05) is 26.7 Å². The lowest BCUT2D eigenvalue weighted by Gasteiger charge is -2.09. The Labute approximate surface area is 204 Å². The van der Waals surface area contributed by atoms with Crippen molar-refractivity contribution in [1.29, 1.82) is 0 Å². The number of hydrogen-bond acceptors (Lipinski definition) is 4. The van der Waals surface area contributed by atoms with Gasteiger partial charge in [0.2, 0.25) is 0 Å². The van der Waals surface area contributed by atoms with E-state index < -0.39 is 0 Å². The third-order valence-electron chi connectivity index (χ3n) is 5.21. The summed E-state index contributed by atoms with van der Waals surface area (Å²) >= 11 is 13.4. The molecule has 0 atom stereocenters. The highest BCUT2D eigenvalue weighted by molar-refractivity contribution is 7.21. The summed E-state index contributed by atoms with van der Waals surface area (Å²) in [6.45, 7) is 0.